The van der Waals surface area contributed by atoms with Gasteiger partial charge in [-0.15, -0.1) is 0 Å². The minimum atomic E-state index is -0.421. The van der Waals surface area contributed by atoms with Crippen molar-refractivity contribution in [3.63, 3.8) is 0 Å². The SMILES string of the molecule is CCC1=NN2C(=N)/C(=C\c3ccc(OCCOc4ccc(C5CCCCC5)cc4)cc3)C(=O)N=C2S1. The number of thioether (sulfide) groups is 1. The molecule has 0 saturated heterocycles. The van der Waals surface area contributed by atoms with Crippen molar-refractivity contribution in [1.29, 1.82) is 5.41 Å². The first kappa shape index (κ1) is 24.3. The lowest BCUT2D eigenvalue weighted by molar-refractivity contribution is -0.114. The average molecular weight is 503 g/mol. The van der Waals surface area contributed by atoms with Crippen LogP contribution in [0.5, 0.6) is 11.5 Å². The summed E-state index contributed by atoms with van der Waals surface area (Å²) >= 11 is 1.34. The van der Waals surface area contributed by atoms with E-state index in [-0.39, 0.29) is 11.4 Å². The summed E-state index contributed by atoms with van der Waals surface area (Å²) in [7, 11) is 0. The predicted molar refractivity (Wildman–Crippen MR) is 145 cm³/mol. The first-order valence-corrected chi connectivity index (χ1v) is 13.4. The fourth-order valence-electron chi connectivity index (χ4n) is 4.59. The normalized spacial score (nSPS) is 19.2. The summed E-state index contributed by atoms with van der Waals surface area (Å²) in [6.07, 6.45) is 9.03. The second-order valence-electron chi connectivity index (χ2n) is 9.04. The number of nitrogens with zero attached hydrogens (tertiary/aromatic N) is 3. The minimum Gasteiger partial charge on any atom is -0.490 e. The number of hydrogen-bond acceptors (Lipinski definition) is 6. The number of nitrogens with one attached hydrogen (secondary N) is 1. The molecule has 5 rings (SSSR count). The number of carbonyl (C=O) groups excluding carboxylic acids is 1. The third-order valence-electron chi connectivity index (χ3n) is 6.57. The Labute approximate surface area is 215 Å². The van der Waals surface area contributed by atoms with E-state index in [2.05, 4.69) is 34.4 Å². The van der Waals surface area contributed by atoms with Crippen molar-refractivity contribution in [1.82, 2.24) is 5.01 Å². The topological polar surface area (TPSA) is 87.3 Å². The van der Waals surface area contributed by atoms with Crippen LogP contribution in [0.25, 0.3) is 6.08 Å². The number of amides is 1. The molecule has 0 bridgehead atoms. The number of amidine groups is 2. The lowest BCUT2D eigenvalue weighted by atomic mass is 9.84. The number of hydrogen-bond donors (Lipinski definition) is 1. The highest BCUT2D eigenvalue weighted by atomic mass is 32.2. The molecule has 36 heavy (non-hydrogen) atoms. The molecule has 0 radical (unpaired) electrons. The van der Waals surface area contributed by atoms with Crippen LogP contribution in [-0.4, -0.2) is 40.2 Å². The Balaban J connectivity index is 1.12. The summed E-state index contributed by atoms with van der Waals surface area (Å²) in [6, 6.07) is 15.9. The molecule has 186 valence electrons. The maximum absolute atomic E-state index is 12.5. The van der Waals surface area contributed by atoms with E-state index in [0.29, 0.717) is 30.0 Å². The van der Waals surface area contributed by atoms with Gasteiger partial charge in [0.15, 0.2) is 5.84 Å². The van der Waals surface area contributed by atoms with Gasteiger partial charge in [0.2, 0.25) is 5.17 Å². The molecule has 1 N–H and O–H groups in total. The molecule has 2 aromatic rings. The molecular weight excluding hydrogens is 472 g/mol. The summed E-state index contributed by atoms with van der Waals surface area (Å²) in [5.74, 6) is 1.90. The third-order valence-corrected chi connectivity index (χ3v) is 7.62. The Morgan fingerprint density at radius 3 is 2.28 bits per heavy atom. The number of benzene rings is 2. The number of aliphatic imine (C=N–C) groups is 1. The fraction of sp³-hybridized carbons (Fsp3) is 0.357. The average Bonchev–Trinajstić information content (AvgIpc) is 3.34. The Morgan fingerprint density at radius 1 is 1.00 bits per heavy atom. The molecule has 2 aliphatic heterocycles. The van der Waals surface area contributed by atoms with Crippen LogP contribution in [0.3, 0.4) is 0 Å². The molecule has 0 atom stereocenters. The summed E-state index contributed by atoms with van der Waals surface area (Å²) in [6.45, 7) is 2.86. The van der Waals surface area contributed by atoms with E-state index in [1.165, 1.54) is 54.4 Å². The van der Waals surface area contributed by atoms with Gasteiger partial charge in [-0.3, -0.25) is 10.2 Å². The van der Waals surface area contributed by atoms with Gasteiger partial charge >= 0.3 is 0 Å². The van der Waals surface area contributed by atoms with Crippen molar-refractivity contribution in [2.24, 2.45) is 10.1 Å². The molecular formula is C28H30N4O3S. The van der Waals surface area contributed by atoms with E-state index < -0.39 is 5.91 Å². The Kier molecular flexibility index (Phi) is 7.51. The van der Waals surface area contributed by atoms with Crippen LogP contribution in [-0.2, 0) is 4.79 Å². The first-order chi connectivity index (χ1) is 17.6. The Morgan fingerprint density at radius 2 is 1.64 bits per heavy atom. The van der Waals surface area contributed by atoms with Crippen molar-refractivity contribution in [3.05, 3.63) is 65.2 Å². The fourth-order valence-corrected chi connectivity index (χ4v) is 5.42. The van der Waals surface area contributed by atoms with Gasteiger partial charge in [-0.25, -0.2) is 0 Å². The molecule has 0 spiro atoms. The zero-order valence-electron chi connectivity index (χ0n) is 20.4. The molecule has 0 aromatic heterocycles. The highest BCUT2D eigenvalue weighted by Crippen LogP contribution is 2.33. The number of hydrazone groups is 1. The van der Waals surface area contributed by atoms with Gasteiger partial charge in [0.1, 0.15) is 29.8 Å². The second-order valence-corrected chi connectivity index (χ2v) is 10.1. The van der Waals surface area contributed by atoms with Gasteiger partial charge in [0, 0.05) is 0 Å². The van der Waals surface area contributed by atoms with E-state index in [0.717, 1.165) is 22.8 Å². The Bertz CT molecular complexity index is 1210. The van der Waals surface area contributed by atoms with Crippen molar-refractivity contribution in [2.75, 3.05) is 13.2 Å². The molecule has 8 heteroatoms. The smallest absolute Gasteiger partial charge is 0.283 e. The predicted octanol–water partition coefficient (Wildman–Crippen LogP) is 6.22. The molecule has 3 aliphatic rings. The number of carbonyl (C=O) groups is 1. The number of fused-ring (bicyclic) bond motifs is 1. The van der Waals surface area contributed by atoms with Crippen LogP contribution in [0, 0.1) is 5.41 Å². The number of rotatable bonds is 8. The zero-order valence-corrected chi connectivity index (χ0v) is 21.2. The van der Waals surface area contributed by atoms with E-state index in [4.69, 9.17) is 14.9 Å². The lowest BCUT2D eigenvalue weighted by Gasteiger charge is -2.22. The van der Waals surface area contributed by atoms with Gasteiger partial charge in [0.25, 0.3) is 5.91 Å². The monoisotopic (exact) mass is 502 g/mol. The highest BCUT2D eigenvalue weighted by Gasteiger charge is 2.35. The van der Waals surface area contributed by atoms with Crippen molar-refractivity contribution < 1.29 is 14.3 Å². The minimum absolute atomic E-state index is 0.0465. The van der Waals surface area contributed by atoms with Crippen molar-refractivity contribution in [2.45, 2.75) is 51.4 Å². The van der Waals surface area contributed by atoms with Crippen LogP contribution in [0.2, 0.25) is 0 Å². The summed E-state index contributed by atoms with van der Waals surface area (Å²) in [4.78, 5) is 16.6. The Hall–Kier alpha value is -3.39. The highest BCUT2D eigenvalue weighted by molar-refractivity contribution is 8.26. The van der Waals surface area contributed by atoms with E-state index >= 15 is 0 Å². The van der Waals surface area contributed by atoms with Crippen LogP contribution >= 0.6 is 11.8 Å². The van der Waals surface area contributed by atoms with Gasteiger partial charge < -0.3 is 9.47 Å². The van der Waals surface area contributed by atoms with E-state index in [1.807, 2.05) is 31.2 Å². The molecule has 1 saturated carbocycles. The summed E-state index contributed by atoms with van der Waals surface area (Å²) in [5, 5.41) is 15.5. The van der Waals surface area contributed by atoms with Gasteiger partial charge in [-0.2, -0.15) is 15.1 Å². The molecule has 1 fully saturated rings. The van der Waals surface area contributed by atoms with Gasteiger partial charge in [-0.1, -0.05) is 50.5 Å². The molecule has 7 nitrogen and oxygen atoms in total. The van der Waals surface area contributed by atoms with Crippen molar-refractivity contribution in [3.8, 4) is 11.5 Å². The largest absolute Gasteiger partial charge is 0.490 e. The molecule has 2 aromatic carbocycles. The van der Waals surface area contributed by atoms with Crippen LogP contribution in [0.1, 0.15) is 62.5 Å². The third kappa shape index (κ3) is 5.54. The van der Waals surface area contributed by atoms with Crippen LogP contribution < -0.4 is 9.47 Å². The zero-order chi connectivity index (χ0) is 24.9. The van der Waals surface area contributed by atoms with Gasteiger partial charge in [0.05, 0.1) is 5.57 Å². The second kappa shape index (κ2) is 11.1. The molecule has 0 unspecified atom stereocenters. The van der Waals surface area contributed by atoms with Crippen LogP contribution in [0.15, 0.2) is 64.2 Å². The maximum Gasteiger partial charge on any atom is 0.283 e. The summed E-state index contributed by atoms with van der Waals surface area (Å²) < 4.78 is 11.7. The van der Waals surface area contributed by atoms with E-state index in [9.17, 15) is 4.79 Å². The van der Waals surface area contributed by atoms with E-state index in [1.54, 1.807) is 6.08 Å². The van der Waals surface area contributed by atoms with Crippen molar-refractivity contribution >= 4 is 39.8 Å². The molecule has 1 aliphatic carbocycles. The molecule has 1 amide bonds. The maximum atomic E-state index is 12.5. The lowest BCUT2D eigenvalue weighted by Crippen LogP contribution is -2.35. The van der Waals surface area contributed by atoms with Gasteiger partial charge in [-0.05, 0) is 78.4 Å². The van der Waals surface area contributed by atoms with Crippen LogP contribution in [0.4, 0.5) is 0 Å². The number of ether oxygens (including phenoxy) is 2. The molecule has 2 heterocycles. The quantitative estimate of drug-likeness (QED) is 0.342. The summed E-state index contributed by atoms with van der Waals surface area (Å²) in [5.41, 5.74) is 2.43. The first-order valence-electron chi connectivity index (χ1n) is 12.6. The standard InChI is InChI=1S/C28H30N4O3S/c1-2-25-31-32-26(29)24(27(33)30-28(32)36-25)18-19-8-12-22(13-9-19)34-16-17-35-23-14-10-21(11-15-23)20-6-4-3-5-7-20/h8-15,18,20,29H,2-7,16-17H2,1H3/b24-18+,29-26?.